The molecule has 0 radical (unpaired) electrons. The highest BCUT2D eigenvalue weighted by Gasteiger charge is 2.10. The van der Waals surface area contributed by atoms with Gasteiger partial charge in [-0.3, -0.25) is 0 Å². The number of methoxy groups -OCH3 is 1. The number of hydrogen-bond donors (Lipinski definition) is 1. The molecule has 0 aliphatic heterocycles. The van der Waals surface area contributed by atoms with Crippen LogP contribution in [-0.4, -0.2) is 30.4 Å². The molecule has 0 bridgehead atoms. The molecule has 0 aliphatic rings. The van der Waals surface area contributed by atoms with E-state index in [9.17, 15) is 0 Å². The molecule has 0 saturated heterocycles. The van der Waals surface area contributed by atoms with Gasteiger partial charge in [-0.25, -0.2) is 0 Å². The lowest BCUT2D eigenvalue weighted by molar-refractivity contribution is 0.415. The average Bonchev–Trinajstić information content (AvgIpc) is 3.17. The van der Waals surface area contributed by atoms with Crippen molar-refractivity contribution in [2.75, 3.05) is 30.4 Å². The van der Waals surface area contributed by atoms with Crippen LogP contribution in [0.4, 0.5) is 11.4 Å². The van der Waals surface area contributed by atoms with Crippen LogP contribution in [-0.2, 0) is 6.54 Å². The molecule has 1 heterocycles. The van der Waals surface area contributed by atoms with Crippen molar-refractivity contribution < 1.29 is 9.15 Å². The maximum Gasteiger partial charge on any atom is 0.247 e. The number of ether oxygens (including phenoxy) is 1. The number of nitrogens with zero attached hydrogens (tertiary/aromatic N) is 3. The molecule has 0 fully saturated rings. The minimum absolute atomic E-state index is 0.481. The lowest BCUT2D eigenvalue weighted by atomic mass is 10.1. The minimum atomic E-state index is 0.481. The predicted octanol–water partition coefficient (Wildman–Crippen LogP) is 4.51. The van der Waals surface area contributed by atoms with Crippen molar-refractivity contribution in [2.45, 2.75) is 27.3 Å². The number of hydrogen-bond acceptors (Lipinski definition) is 6. The van der Waals surface area contributed by atoms with E-state index in [0.717, 1.165) is 30.1 Å². The van der Waals surface area contributed by atoms with Crippen molar-refractivity contribution in [3.63, 3.8) is 0 Å². The number of nitrogens with one attached hydrogen (secondary N) is 1. The third kappa shape index (κ3) is 4.39. The molecule has 0 spiro atoms. The largest absolute Gasteiger partial charge is 0.497 e. The predicted molar refractivity (Wildman–Crippen MR) is 108 cm³/mol. The lowest BCUT2D eigenvalue weighted by Gasteiger charge is -2.22. The summed E-state index contributed by atoms with van der Waals surface area (Å²) in [5.74, 6) is 1.85. The molecule has 27 heavy (non-hydrogen) atoms. The molecule has 0 amide bonds. The summed E-state index contributed by atoms with van der Waals surface area (Å²) >= 11 is 0. The van der Waals surface area contributed by atoms with Gasteiger partial charge >= 0.3 is 0 Å². The zero-order chi connectivity index (χ0) is 19.2. The van der Waals surface area contributed by atoms with E-state index in [2.05, 4.69) is 59.4 Å². The van der Waals surface area contributed by atoms with Gasteiger partial charge in [0.2, 0.25) is 11.8 Å². The normalized spacial score (nSPS) is 10.7. The van der Waals surface area contributed by atoms with Crippen LogP contribution >= 0.6 is 0 Å². The molecule has 1 N–H and O–H groups in total. The first-order valence-electron chi connectivity index (χ1n) is 9.20. The zero-order valence-electron chi connectivity index (χ0n) is 16.3. The van der Waals surface area contributed by atoms with E-state index in [0.29, 0.717) is 18.3 Å². The molecule has 6 nitrogen and oxygen atoms in total. The Bertz CT molecular complexity index is 870. The van der Waals surface area contributed by atoms with Gasteiger partial charge in [-0.2, -0.15) is 0 Å². The van der Waals surface area contributed by atoms with E-state index in [4.69, 9.17) is 9.15 Å². The molecule has 3 rings (SSSR count). The van der Waals surface area contributed by atoms with Crippen molar-refractivity contribution >= 4 is 11.4 Å². The average molecular weight is 366 g/mol. The van der Waals surface area contributed by atoms with Gasteiger partial charge in [0.05, 0.1) is 13.7 Å². The fraction of sp³-hybridized carbons (Fsp3) is 0.333. The monoisotopic (exact) mass is 366 g/mol. The SMILES string of the molecule is CCN(CC)c1ccc(NCc2nnc(-c3ccc(OC)cc3)o2)c(C)c1. The summed E-state index contributed by atoms with van der Waals surface area (Å²) in [6, 6.07) is 14.0. The van der Waals surface area contributed by atoms with Crippen LogP contribution in [0.3, 0.4) is 0 Å². The number of rotatable bonds is 8. The van der Waals surface area contributed by atoms with E-state index in [1.807, 2.05) is 24.3 Å². The fourth-order valence-corrected chi connectivity index (χ4v) is 2.98. The van der Waals surface area contributed by atoms with E-state index in [1.165, 1.54) is 11.3 Å². The Kier molecular flexibility index (Phi) is 5.96. The van der Waals surface area contributed by atoms with Gasteiger partial charge in [0.15, 0.2) is 0 Å². The Morgan fingerprint density at radius 1 is 1.04 bits per heavy atom. The van der Waals surface area contributed by atoms with Crippen LogP contribution < -0.4 is 15.0 Å². The summed E-state index contributed by atoms with van der Waals surface area (Å²) in [6.07, 6.45) is 0. The number of aromatic nitrogens is 2. The Morgan fingerprint density at radius 2 is 1.78 bits per heavy atom. The highest BCUT2D eigenvalue weighted by molar-refractivity contribution is 5.60. The van der Waals surface area contributed by atoms with Crippen LogP contribution in [0.2, 0.25) is 0 Å². The second-order valence-electron chi connectivity index (χ2n) is 6.25. The van der Waals surface area contributed by atoms with Gasteiger partial charge in [-0.05, 0) is 68.8 Å². The first-order valence-corrected chi connectivity index (χ1v) is 9.20. The maximum atomic E-state index is 5.77. The van der Waals surface area contributed by atoms with E-state index >= 15 is 0 Å². The van der Waals surface area contributed by atoms with E-state index in [1.54, 1.807) is 7.11 Å². The van der Waals surface area contributed by atoms with Crippen molar-refractivity contribution in [1.82, 2.24) is 10.2 Å². The Labute approximate surface area is 160 Å². The molecule has 2 aromatic carbocycles. The molecule has 0 unspecified atom stereocenters. The van der Waals surface area contributed by atoms with E-state index < -0.39 is 0 Å². The first kappa shape index (κ1) is 18.8. The molecule has 6 heteroatoms. The summed E-state index contributed by atoms with van der Waals surface area (Å²) in [6.45, 7) is 8.92. The number of benzene rings is 2. The van der Waals surface area contributed by atoms with Gasteiger partial charge in [-0.1, -0.05) is 0 Å². The summed E-state index contributed by atoms with van der Waals surface area (Å²) in [7, 11) is 1.64. The molecule has 3 aromatic rings. The Hall–Kier alpha value is -3.02. The summed E-state index contributed by atoms with van der Waals surface area (Å²) in [5, 5.41) is 11.6. The summed E-state index contributed by atoms with van der Waals surface area (Å²) in [5.41, 5.74) is 4.36. The fourth-order valence-electron chi connectivity index (χ4n) is 2.98. The van der Waals surface area contributed by atoms with Gasteiger partial charge in [0.1, 0.15) is 5.75 Å². The highest BCUT2D eigenvalue weighted by atomic mass is 16.5. The van der Waals surface area contributed by atoms with Crippen LogP contribution in [0.5, 0.6) is 5.75 Å². The standard InChI is InChI=1S/C21H26N4O2/c1-5-25(6-2)17-9-12-19(15(3)13-17)22-14-20-23-24-21(27-20)16-7-10-18(26-4)11-8-16/h7-13,22H,5-6,14H2,1-4H3. The third-order valence-electron chi connectivity index (χ3n) is 4.57. The van der Waals surface area contributed by atoms with Gasteiger partial charge < -0.3 is 19.4 Å². The minimum Gasteiger partial charge on any atom is -0.497 e. The molecule has 1 aromatic heterocycles. The van der Waals surface area contributed by atoms with Crippen LogP contribution in [0.15, 0.2) is 46.9 Å². The zero-order valence-corrected chi connectivity index (χ0v) is 16.3. The van der Waals surface area contributed by atoms with Crippen molar-refractivity contribution in [3.05, 3.63) is 53.9 Å². The smallest absolute Gasteiger partial charge is 0.247 e. The van der Waals surface area contributed by atoms with Crippen molar-refractivity contribution in [3.8, 4) is 17.2 Å². The van der Waals surface area contributed by atoms with Crippen LogP contribution in [0, 0.1) is 6.92 Å². The van der Waals surface area contributed by atoms with Gasteiger partial charge in [-0.15, -0.1) is 10.2 Å². The van der Waals surface area contributed by atoms with E-state index in [-0.39, 0.29) is 0 Å². The molecule has 0 aliphatic carbocycles. The maximum absolute atomic E-state index is 5.77. The van der Waals surface area contributed by atoms with Crippen LogP contribution in [0.25, 0.3) is 11.5 Å². The van der Waals surface area contributed by atoms with Crippen molar-refractivity contribution in [2.24, 2.45) is 0 Å². The summed E-state index contributed by atoms with van der Waals surface area (Å²) < 4.78 is 10.9. The quantitative estimate of drug-likeness (QED) is 0.633. The molecular formula is C21H26N4O2. The van der Waals surface area contributed by atoms with Gasteiger partial charge in [0, 0.05) is 30.0 Å². The molecular weight excluding hydrogens is 340 g/mol. The Morgan fingerprint density at radius 3 is 2.41 bits per heavy atom. The number of anilines is 2. The number of aryl methyl sites for hydroxylation is 1. The topological polar surface area (TPSA) is 63.4 Å². The first-order chi connectivity index (χ1) is 13.1. The molecule has 142 valence electrons. The van der Waals surface area contributed by atoms with Crippen LogP contribution in [0.1, 0.15) is 25.3 Å². The lowest BCUT2D eigenvalue weighted by Crippen LogP contribution is -2.21. The second kappa shape index (κ2) is 8.58. The second-order valence-corrected chi connectivity index (χ2v) is 6.25. The molecule has 0 atom stereocenters. The third-order valence-corrected chi connectivity index (χ3v) is 4.57. The highest BCUT2D eigenvalue weighted by Crippen LogP contribution is 2.24. The van der Waals surface area contributed by atoms with Gasteiger partial charge in [0.25, 0.3) is 0 Å². The van der Waals surface area contributed by atoms with Crippen molar-refractivity contribution in [1.29, 1.82) is 0 Å². The summed E-state index contributed by atoms with van der Waals surface area (Å²) in [4.78, 5) is 2.33. The molecule has 0 saturated carbocycles. The Balaban J connectivity index is 1.66.